The second-order valence-electron chi connectivity index (χ2n) is 8.59. The number of hydrogen-bond donors (Lipinski definition) is 1. The number of rotatable bonds is 5. The molecule has 8 heteroatoms. The van der Waals surface area contributed by atoms with Gasteiger partial charge in [-0.05, 0) is 56.6 Å². The molecule has 31 heavy (non-hydrogen) atoms. The fraction of sp³-hybridized carbons (Fsp3) is 0.391. The van der Waals surface area contributed by atoms with E-state index in [2.05, 4.69) is 65.2 Å². The van der Waals surface area contributed by atoms with E-state index in [0.29, 0.717) is 11.9 Å². The number of nitrogens with zero attached hydrogens (tertiary/aromatic N) is 5. The summed E-state index contributed by atoms with van der Waals surface area (Å²) in [6.45, 7) is 5.09. The average molecular weight is 437 g/mol. The largest absolute Gasteiger partial charge is 0.495 e. The molecule has 1 saturated heterocycles. The van der Waals surface area contributed by atoms with Gasteiger partial charge in [0.25, 0.3) is 0 Å². The number of nitrogens with two attached hydrogens (primary N) is 1. The maximum atomic E-state index is 6.34. The van der Waals surface area contributed by atoms with Crippen LogP contribution >= 0.6 is 11.3 Å². The summed E-state index contributed by atoms with van der Waals surface area (Å²) in [5.74, 6) is 1.41. The van der Waals surface area contributed by atoms with Crippen molar-refractivity contribution >= 4 is 32.8 Å². The second-order valence-corrected chi connectivity index (χ2v) is 9.64. The first-order valence-corrected chi connectivity index (χ1v) is 11.3. The van der Waals surface area contributed by atoms with Gasteiger partial charge in [-0.15, -0.1) is 11.3 Å². The van der Waals surface area contributed by atoms with Gasteiger partial charge in [0.2, 0.25) is 0 Å². The number of thiophene rings is 1. The van der Waals surface area contributed by atoms with Crippen molar-refractivity contribution in [1.29, 1.82) is 0 Å². The summed E-state index contributed by atoms with van der Waals surface area (Å²) in [6, 6.07) is 9.33. The molecular weight excluding hydrogens is 408 g/mol. The maximum absolute atomic E-state index is 6.34. The van der Waals surface area contributed by atoms with Crippen molar-refractivity contribution in [1.82, 2.24) is 24.4 Å². The highest BCUT2D eigenvalue weighted by Gasteiger charge is 2.26. The van der Waals surface area contributed by atoms with E-state index in [1.54, 1.807) is 24.8 Å². The van der Waals surface area contributed by atoms with Crippen molar-refractivity contribution in [3.63, 3.8) is 0 Å². The van der Waals surface area contributed by atoms with Crippen molar-refractivity contribution in [2.45, 2.75) is 25.9 Å². The number of likely N-dealkylation sites (N-methyl/N-ethyl adjacent to an activating group) is 1. The predicted octanol–water partition coefficient (Wildman–Crippen LogP) is 3.65. The molecule has 1 aromatic carbocycles. The number of hydrogen-bond acceptors (Lipinski definition) is 7. The van der Waals surface area contributed by atoms with Gasteiger partial charge in [0, 0.05) is 36.1 Å². The third-order valence-electron chi connectivity index (χ3n) is 6.23. The van der Waals surface area contributed by atoms with Crippen molar-refractivity contribution in [3.05, 3.63) is 41.9 Å². The van der Waals surface area contributed by atoms with Crippen LogP contribution in [0.5, 0.6) is 5.75 Å². The highest BCUT2D eigenvalue weighted by atomic mass is 32.1. The van der Waals surface area contributed by atoms with E-state index in [4.69, 9.17) is 10.5 Å². The minimum Gasteiger partial charge on any atom is -0.495 e. The number of aryl methyl sites for hydroxylation is 1. The van der Waals surface area contributed by atoms with E-state index in [-0.39, 0.29) is 0 Å². The highest BCUT2D eigenvalue weighted by Crippen LogP contribution is 2.42. The molecule has 1 fully saturated rings. The molecule has 2 N–H and O–H groups in total. The quantitative estimate of drug-likeness (QED) is 0.515. The van der Waals surface area contributed by atoms with E-state index in [1.807, 2.05) is 4.52 Å². The number of methoxy groups -OCH3 is 1. The molecule has 1 atom stereocenters. The fourth-order valence-electron chi connectivity index (χ4n) is 4.59. The van der Waals surface area contributed by atoms with Gasteiger partial charge in [0.05, 0.1) is 17.5 Å². The Morgan fingerprint density at radius 3 is 2.84 bits per heavy atom. The van der Waals surface area contributed by atoms with Crippen LogP contribution in [0.2, 0.25) is 0 Å². The second kappa shape index (κ2) is 7.78. The van der Waals surface area contributed by atoms with Gasteiger partial charge in [0.1, 0.15) is 17.6 Å². The normalized spacial score (nSPS) is 17.4. The van der Waals surface area contributed by atoms with Crippen molar-refractivity contribution in [2.24, 2.45) is 0 Å². The first kappa shape index (κ1) is 20.2. The van der Waals surface area contributed by atoms with Gasteiger partial charge in [-0.25, -0.2) is 9.50 Å². The Morgan fingerprint density at radius 2 is 2.10 bits per heavy atom. The molecule has 0 saturated carbocycles. The zero-order valence-corrected chi connectivity index (χ0v) is 19.2. The van der Waals surface area contributed by atoms with Crippen LogP contribution in [-0.2, 0) is 6.54 Å². The maximum Gasteiger partial charge on any atom is 0.152 e. The van der Waals surface area contributed by atoms with Crippen molar-refractivity contribution in [3.8, 4) is 16.2 Å². The lowest BCUT2D eigenvalue weighted by atomic mass is 10.1. The van der Waals surface area contributed by atoms with E-state index in [1.165, 1.54) is 17.4 Å². The van der Waals surface area contributed by atoms with Crippen LogP contribution in [0.3, 0.4) is 0 Å². The lowest BCUT2D eigenvalue weighted by molar-refractivity contribution is 0.262. The van der Waals surface area contributed by atoms with Gasteiger partial charge < -0.3 is 15.4 Å². The molecule has 3 aromatic heterocycles. The van der Waals surface area contributed by atoms with Crippen LogP contribution in [0.25, 0.3) is 26.0 Å². The summed E-state index contributed by atoms with van der Waals surface area (Å²) in [4.78, 5) is 10.2. The minimum absolute atomic E-state index is 0.504. The van der Waals surface area contributed by atoms with E-state index < -0.39 is 0 Å². The molecule has 1 aliphatic rings. The van der Waals surface area contributed by atoms with Gasteiger partial charge in [-0.2, -0.15) is 5.10 Å². The van der Waals surface area contributed by atoms with Crippen LogP contribution < -0.4 is 10.5 Å². The third-order valence-corrected chi connectivity index (χ3v) is 7.43. The van der Waals surface area contributed by atoms with Crippen molar-refractivity contribution < 1.29 is 4.74 Å². The van der Waals surface area contributed by atoms with E-state index in [0.717, 1.165) is 51.7 Å². The summed E-state index contributed by atoms with van der Waals surface area (Å²) < 4.78 is 8.75. The SMILES string of the molecule is COc1cc(C)cc2cc(-c3cc(CN4CC[C@H](N(C)C)C4)n4ncnc(N)c34)sc12. The number of benzene rings is 1. The number of nitrogen functional groups attached to an aromatic ring is 1. The summed E-state index contributed by atoms with van der Waals surface area (Å²) in [7, 11) is 6.04. The Hall–Kier alpha value is -2.68. The minimum atomic E-state index is 0.504. The molecule has 0 bridgehead atoms. The lowest BCUT2D eigenvalue weighted by Gasteiger charge is -2.20. The first-order valence-electron chi connectivity index (χ1n) is 10.5. The summed E-state index contributed by atoms with van der Waals surface area (Å²) >= 11 is 1.72. The molecule has 0 aliphatic carbocycles. The number of aromatic nitrogens is 3. The smallest absolute Gasteiger partial charge is 0.152 e. The van der Waals surface area contributed by atoms with Crippen LogP contribution in [0.4, 0.5) is 5.82 Å². The predicted molar refractivity (Wildman–Crippen MR) is 127 cm³/mol. The molecule has 1 aliphatic heterocycles. The van der Waals surface area contributed by atoms with Gasteiger partial charge in [-0.3, -0.25) is 4.90 Å². The van der Waals surface area contributed by atoms with Crippen LogP contribution in [0, 0.1) is 6.92 Å². The number of fused-ring (bicyclic) bond motifs is 2. The zero-order chi connectivity index (χ0) is 21.7. The van der Waals surface area contributed by atoms with Gasteiger partial charge in [-0.1, -0.05) is 6.07 Å². The Kier molecular flexibility index (Phi) is 5.08. The molecule has 0 radical (unpaired) electrons. The Bertz CT molecular complexity index is 1260. The molecule has 0 spiro atoms. The fourth-order valence-corrected chi connectivity index (χ4v) is 5.74. The van der Waals surface area contributed by atoms with Crippen LogP contribution in [0.15, 0.2) is 30.6 Å². The molecule has 4 aromatic rings. The molecule has 162 valence electrons. The molecule has 0 amide bonds. The summed E-state index contributed by atoms with van der Waals surface area (Å²) in [5.41, 5.74) is 10.6. The Balaban J connectivity index is 1.59. The van der Waals surface area contributed by atoms with Crippen LogP contribution in [-0.4, -0.2) is 64.7 Å². The molecule has 4 heterocycles. The topological polar surface area (TPSA) is 71.9 Å². The monoisotopic (exact) mass is 436 g/mol. The van der Waals surface area contributed by atoms with E-state index >= 15 is 0 Å². The number of likely N-dealkylation sites (tertiary alicyclic amines) is 1. The van der Waals surface area contributed by atoms with E-state index in [9.17, 15) is 0 Å². The lowest BCUT2D eigenvalue weighted by Crippen LogP contribution is -2.31. The Labute approximate surface area is 186 Å². The van der Waals surface area contributed by atoms with Crippen LogP contribution in [0.1, 0.15) is 17.7 Å². The summed E-state index contributed by atoms with van der Waals surface area (Å²) in [5, 5.41) is 5.74. The average Bonchev–Trinajstić information content (AvgIpc) is 3.45. The van der Waals surface area contributed by atoms with Gasteiger partial charge >= 0.3 is 0 Å². The number of ether oxygens (including phenoxy) is 1. The van der Waals surface area contributed by atoms with Crippen molar-refractivity contribution in [2.75, 3.05) is 40.0 Å². The van der Waals surface area contributed by atoms with Gasteiger partial charge in [0.15, 0.2) is 5.82 Å². The molecular formula is C23H28N6OS. The highest BCUT2D eigenvalue weighted by molar-refractivity contribution is 7.22. The summed E-state index contributed by atoms with van der Waals surface area (Å²) in [6.07, 6.45) is 2.73. The standard InChI is InChI=1S/C23H28N6OS/c1-14-7-15-9-20(31-22(15)19(8-14)30-4)18-10-17(29-21(18)23(24)25-13-26-29)12-28-6-5-16(11-28)27(2)3/h7-10,13,16H,5-6,11-12H2,1-4H3,(H2,24,25,26)/t16-/m0/s1. The third kappa shape index (κ3) is 3.54. The zero-order valence-electron chi connectivity index (χ0n) is 18.4. The molecule has 0 unspecified atom stereocenters. The first-order chi connectivity index (χ1) is 14.9. The molecule has 7 nitrogen and oxygen atoms in total. The molecule has 5 rings (SSSR count). The Morgan fingerprint density at radius 1 is 1.26 bits per heavy atom. The number of anilines is 1.